The van der Waals surface area contributed by atoms with Gasteiger partial charge in [-0.3, -0.25) is 10.1 Å². The molecule has 0 bridgehead atoms. The van der Waals surface area contributed by atoms with Gasteiger partial charge in [0.1, 0.15) is 5.82 Å². The molecule has 1 N–H and O–H groups in total. The Morgan fingerprint density at radius 2 is 1.78 bits per heavy atom. The minimum Gasteiger partial charge on any atom is -0.366 e. The highest BCUT2D eigenvalue weighted by Crippen LogP contribution is 2.30. The number of nitro groups is 1. The standard InChI is InChI=1S/C21H22N4O2/c1-14-6-2-4-8-18(14)22-21-17-7-3-5-9-19(17)23-20(24-21)15-10-12-16(13-11-15)25(26)27/h3,5,7,9-14,18H,2,4,6,8H2,1H3,(H,22,23,24)/t14-,18-/m1/s1. The maximum Gasteiger partial charge on any atom is 0.269 e. The van der Waals surface area contributed by atoms with Gasteiger partial charge in [-0.05, 0) is 43.0 Å². The summed E-state index contributed by atoms with van der Waals surface area (Å²) < 4.78 is 0. The summed E-state index contributed by atoms with van der Waals surface area (Å²) in [6.45, 7) is 2.29. The van der Waals surface area contributed by atoms with Gasteiger partial charge in [-0.1, -0.05) is 31.9 Å². The largest absolute Gasteiger partial charge is 0.366 e. The highest BCUT2D eigenvalue weighted by atomic mass is 16.6. The van der Waals surface area contributed by atoms with Gasteiger partial charge in [0, 0.05) is 29.1 Å². The third-order valence-corrected chi connectivity index (χ3v) is 5.37. The monoisotopic (exact) mass is 362 g/mol. The lowest BCUT2D eigenvalue weighted by Crippen LogP contribution is -2.30. The van der Waals surface area contributed by atoms with Crippen LogP contribution in [0, 0.1) is 16.0 Å². The molecule has 0 unspecified atom stereocenters. The first-order valence-electron chi connectivity index (χ1n) is 9.40. The van der Waals surface area contributed by atoms with Crippen LogP contribution in [0.4, 0.5) is 11.5 Å². The lowest BCUT2D eigenvalue weighted by Gasteiger charge is -2.30. The van der Waals surface area contributed by atoms with Crippen molar-refractivity contribution in [3.8, 4) is 11.4 Å². The Hall–Kier alpha value is -3.02. The normalized spacial score (nSPS) is 19.7. The van der Waals surface area contributed by atoms with Crippen molar-refractivity contribution in [2.45, 2.75) is 38.6 Å². The number of benzene rings is 2. The summed E-state index contributed by atoms with van der Waals surface area (Å²) in [6.07, 6.45) is 4.90. The Bertz CT molecular complexity index is 972. The van der Waals surface area contributed by atoms with Crippen molar-refractivity contribution in [3.05, 3.63) is 58.6 Å². The second-order valence-electron chi connectivity index (χ2n) is 7.23. The van der Waals surface area contributed by atoms with E-state index in [4.69, 9.17) is 4.98 Å². The van der Waals surface area contributed by atoms with Gasteiger partial charge in [-0.2, -0.15) is 0 Å². The van der Waals surface area contributed by atoms with Gasteiger partial charge in [-0.25, -0.2) is 9.97 Å². The predicted molar refractivity (Wildman–Crippen MR) is 107 cm³/mol. The summed E-state index contributed by atoms with van der Waals surface area (Å²) in [6, 6.07) is 14.8. The number of nitro benzene ring substituents is 1. The van der Waals surface area contributed by atoms with E-state index in [0.29, 0.717) is 17.8 Å². The summed E-state index contributed by atoms with van der Waals surface area (Å²) in [7, 11) is 0. The topological polar surface area (TPSA) is 81.0 Å². The first-order chi connectivity index (χ1) is 13.1. The lowest BCUT2D eigenvalue weighted by molar-refractivity contribution is -0.384. The van der Waals surface area contributed by atoms with Gasteiger partial charge in [0.2, 0.25) is 0 Å². The molecule has 1 fully saturated rings. The van der Waals surface area contributed by atoms with Crippen LogP contribution in [0.1, 0.15) is 32.6 Å². The summed E-state index contributed by atoms with van der Waals surface area (Å²) in [5, 5.41) is 15.5. The first-order valence-corrected chi connectivity index (χ1v) is 9.40. The highest BCUT2D eigenvalue weighted by Gasteiger charge is 2.22. The lowest BCUT2D eigenvalue weighted by atomic mass is 9.86. The molecule has 1 aliphatic rings. The maximum absolute atomic E-state index is 10.9. The van der Waals surface area contributed by atoms with E-state index in [1.807, 2.05) is 24.3 Å². The van der Waals surface area contributed by atoms with E-state index in [9.17, 15) is 10.1 Å². The van der Waals surface area contributed by atoms with Crippen molar-refractivity contribution < 1.29 is 4.92 Å². The highest BCUT2D eigenvalue weighted by molar-refractivity contribution is 5.90. The van der Waals surface area contributed by atoms with E-state index in [1.165, 1.54) is 31.4 Å². The number of aromatic nitrogens is 2. The molecular formula is C21H22N4O2. The molecule has 138 valence electrons. The van der Waals surface area contributed by atoms with Crippen LogP contribution >= 0.6 is 0 Å². The number of fused-ring (bicyclic) bond motifs is 1. The maximum atomic E-state index is 10.9. The molecule has 4 rings (SSSR count). The first kappa shape index (κ1) is 17.4. The third kappa shape index (κ3) is 3.60. The quantitative estimate of drug-likeness (QED) is 0.510. The number of hydrogen-bond acceptors (Lipinski definition) is 5. The van der Waals surface area contributed by atoms with Crippen LogP contribution in [0.2, 0.25) is 0 Å². The number of nitrogens with one attached hydrogen (secondary N) is 1. The van der Waals surface area contributed by atoms with Crippen LogP contribution in [0.25, 0.3) is 22.3 Å². The molecule has 1 heterocycles. The molecule has 6 nitrogen and oxygen atoms in total. The zero-order valence-corrected chi connectivity index (χ0v) is 15.3. The smallest absolute Gasteiger partial charge is 0.269 e. The van der Waals surface area contributed by atoms with Gasteiger partial charge >= 0.3 is 0 Å². The Morgan fingerprint density at radius 1 is 1.04 bits per heavy atom. The van der Waals surface area contributed by atoms with Crippen molar-refractivity contribution in [2.24, 2.45) is 5.92 Å². The molecular weight excluding hydrogens is 340 g/mol. The minimum atomic E-state index is -0.400. The zero-order chi connectivity index (χ0) is 18.8. The number of anilines is 1. The van der Waals surface area contributed by atoms with Crippen LogP contribution in [0.3, 0.4) is 0 Å². The van der Waals surface area contributed by atoms with E-state index in [1.54, 1.807) is 12.1 Å². The van der Waals surface area contributed by atoms with Crippen LogP contribution in [-0.4, -0.2) is 20.9 Å². The van der Waals surface area contributed by atoms with E-state index in [-0.39, 0.29) is 5.69 Å². The van der Waals surface area contributed by atoms with E-state index < -0.39 is 4.92 Å². The third-order valence-electron chi connectivity index (χ3n) is 5.37. The molecule has 1 aliphatic carbocycles. The van der Waals surface area contributed by atoms with Crippen molar-refractivity contribution in [3.63, 3.8) is 0 Å². The number of nitrogens with zero attached hydrogens (tertiary/aromatic N) is 3. The fourth-order valence-corrected chi connectivity index (χ4v) is 3.75. The summed E-state index contributed by atoms with van der Waals surface area (Å²) in [5.74, 6) is 2.03. The SMILES string of the molecule is C[C@@H]1CCCC[C@H]1Nc1nc(-c2ccc([N+](=O)[O-])cc2)nc2ccccc12. The van der Waals surface area contributed by atoms with Crippen molar-refractivity contribution >= 4 is 22.4 Å². The molecule has 1 aromatic heterocycles. The number of para-hydroxylation sites is 1. The van der Waals surface area contributed by atoms with Gasteiger partial charge in [-0.15, -0.1) is 0 Å². The second kappa shape index (κ2) is 7.31. The van der Waals surface area contributed by atoms with E-state index >= 15 is 0 Å². The average Bonchev–Trinajstić information content (AvgIpc) is 2.69. The molecule has 3 aromatic rings. The molecule has 1 saturated carbocycles. The fraction of sp³-hybridized carbons (Fsp3) is 0.333. The molecule has 0 spiro atoms. The van der Waals surface area contributed by atoms with Crippen molar-refractivity contribution in [2.75, 3.05) is 5.32 Å². The van der Waals surface area contributed by atoms with E-state index in [2.05, 4.69) is 17.2 Å². The van der Waals surface area contributed by atoms with Gasteiger partial charge < -0.3 is 5.32 Å². The minimum absolute atomic E-state index is 0.0638. The molecule has 0 radical (unpaired) electrons. The molecule has 0 aliphatic heterocycles. The Morgan fingerprint density at radius 3 is 2.52 bits per heavy atom. The predicted octanol–water partition coefficient (Wildman–Crippen LogP) is 5.20. The number of hydrogen-bond donors (Lipinski definition) is 1. The van der Waals surface area contributed by atoms with Crippen molar-refractivity contribution in [1.82, 2.24) is 9.97 Å². The van der Waals surface area contributed by atoms with Gasteiger partial charge in [0.15, 0.2) is 5.82 Å². The Labute approximate surface area is 157 Å². The van der Waals surface area contributed by atoms with Crippen molar-refractivity contribution in [1.29, 1.82) is 0 Å². The summed E-state index contributed by atoms with van der Waals surface area (Å²) >= 11 is 0. The van der Waals surface area contributed by atoms with Crippen LogP contribution < -0.4 is 5.32 Å². The Kier molecular flexibility index (Phi) is 4.71. The van der Waals surface area contributed by atoms with Crippen LogP contribution in [0.5, 0.6) is 0 Å². The molecule has 0 saturated heterocycles. The number of rotatable bonds is 4. The molecule has 6 heteroatoms. The zero-order valence-electron chi connectivity index (χ0n) is 15.3. The van der Waals surface area contributed by atoms with Gasteiger partial charge in [0.25, 0.3) is 5.69 Å². The average molecular weight is 362 g/mol. The molecule has 2 atom stereocenters. The molecule has 0 amide bonds. The van der Waals surface area contributed by atoms with E-state index in [0.717, 1.165) is 28.7 Å². The molecule has 27 heavy (non-hydrogen) atoms. The van der Waals surface area contributed by atoms with Crippen LogP contribution in [-0.2, 0) is 0 Å². The summed E-state index contributed by atoms with van der Waals surface area (Å²) in [4.78, 5) is 19.9. The number of non-ortho nitro benzene ring substituents is 1. The van der Waals surface area contributed by atoms with Gasteiger partial charge in [0.05, 0.1) is 10.4 Å². The Balaban J connectivity index is 1.74. The van der Waals surface area contributed by atoms with Crippen LogP contribution in [0.15, 0.2) is 48.5 Å². The second-order valence-corrected chi connectivity index (χ2v) is 7.23. The molecule has 2 aromatic carbocycles. The fourth-order valence-electron chi connectivity index (χ4n) is 3.75. The summed E-state index contributed by atoms with van der Waals surface area (Å²) in [5.41, 5.74) is 1.70.